The predicted molar refractivity (Wildman–Crippen MR) is 70.3 cm³/mol. The molecule has 1 aromatic carbocycles. The second-order valence-electron chi connectivity index (χ2n) is 4.37. The first-order valence-electron chi connectivity index (χ1n) is 6.12. The van der Waals surface area contributed by atoms with Gasteiger partial charge in [-0.05, 0) is 24.1 Å². The van der Waals surface area contributed by atoms with E-state index in [2.05, 4.69) is 22.3 Å². The summed E-state index contributed by atoms with van der Waals surface area (Å²) in [5, 5.41) is 13.3. The lowest BCUT2D eigenvalue weighted by molar-refractivity contribution is 0.141. The number of aliphatic hydroxyl groups is 1. The van der Waals surface area contributed by atoms with Gasteiger partial charge >= 0.3 is 0 Å². The lowest BCUT2D eigenvalue weighted by Crippen LogP contribution is -2.45. The van der Waals surface area contributed by atoms with Crippen molar-refractivity contribution >= 4 is 11.6 Å². The van der Waals surface area contributed by atoms with Crippen molar-refractivity contribution in [2.24, 2.45) is 0 Å². The molecule has 0 saturated carbocycles. The maximum Gasteiger partial charge on any atom is 0.0449 e. The molecule has 0 amide bonds. The second-order valence-corrected chi connectivity index (χ2v) is 4.80. The third-order valence-corrected chi connectivity index (χ3v) is 3.50. The van der Waals surface area contributed by atoms with Crippen molar-refractivity contribution in [3.05, 3.63) is 34.9 Å². The van der Waals surface area contributed by atoms with Gasteiger partial charge in [-0.15, -0.1) is 0 Å². The average Bonchev–Trinajstić information content (AvgIpc) is 2.38. The lowest BCUT2D eigenvalue weighted by Gasteiger charge is -2.35. The summed E-state index contributed by atoms with van der Waals surface area (Å²) in [5.41, 5.74) is 1.24. The topological polar surface area (TPSA) is 35.5 Å². The minimum absolute atomic E-state index is 0.219. The standard InChI is InChI=1S/C13H19ClN2O/c14-12-3-1-11(2-4-12)13(5-10-17)16-8-6-15-7-9-16/h1-4,13,15,17H,5-10H2/t13-/m1/s1. The van der Waals surface area contributed by atoms with Crippen molar-refractivity contribution in [3.8, 4) is 0 Å². The summed E-state index contributed by atoms with van der Waals surface area (Å²) in [4.78, 5) is 2.43. The highest BCUT2D eigenvalue weighted by Gasteiger charge is 2.21. The van der Waals surface area contributed by atoms with E-state index in [-0.39, 0.29) is 6.61 Å². The molecule has 17 heavy (non-hydrogen) atoms. The quantitative estimate of drug-likeness (QED) is 0.858. The molecule has 2 rings (SSSR count). The van der Waals surface area contributed by atoms with Crippen molar-refractivity contribution in [1.82, 2.24) is 10.2 Å². The molecule has 1 fully saturated rings. The Morgan fingerprint density at radius 1 is 1.24 bits per heavy atom. The Kier molecular flexibility index (Phi) is 4.80. The summed E-state index contributed by atoms with van der Waals surface area (Å²) in [6.07, 6.45) is 0.779. The van der Waals surface area contributed by atoms with Gasteiger partial charge in [0.1, 0.15) is 0 Å². The summed E-state index contributed by atoms with van der Waals surface area (Å²) in [5.74, 6) is 0. The highest BCUT2D eigenvalue weighted by atomic mass is 35.5. The molecule has 0 unspecified atom stereocenters. The molecule has 0 aromatic heterocycles. The number of halogens is 1. The van der Waals surface area contributed by atoms with Crippen LogP contribution in [-0.4, -0.2) is 42.8 Å². The molecule has 1 aromatic rings. The maximum atomic E-state index is 9.21. The van der Waals surface area contributed by atoms with Crippen molar-refractivity contribution < 1.29 is 5.11 Å². The molecule has 0 radical (unpaired) electrons. The average molecular weight is 255 g/mol. The monoisotopic (exact) mass is 254 g/mol. The first kappa shape index (κ1) is 12.8. The van der Waals surface area contributed by atoms with Crippen LogP contribution in [0.25, 0.3) is 0 Å². The van der Waals surface area contributed by atoms with Crippen molar-refractivity contribution in [3.63, 3.8) is 0 Å². The largest absolute Gasteiger partial charge is 0.396 e. The zero-order chi connectivity index (χ0) is 12.1. The van der Waals surface area contributed by atoms with Gasteiger partial charge < -0.3 is 10.4 Å². The normalized spacial score (nSPS) is 19.2. The van der Waals surface area contributed by atoms with Crippen LogP contribution < -0.4 is 5.32 Å². The molecule has 1 heterocycles. The van der Waals surface area contributed by atoms with Crippen molar-refractivity contribution in [2.75, 3.05) is 32.8 Å². The summed E-state index contributed by atoms with van der Waals surface area (Å²) >= 11 is 5.91. The number of nitrogens with zero attached hydrogens (tertiary/aromatic N) is 1. The van der Waals surface area contributed by atoms with E-state index in [1.54, 1.807) is 0 Å². The van der Waals surface area contributed by atoms with Crippen LogP contribution in [0.3, 0.4) is 0 Å². The molecule has 4 heteroatoms. The van der Waals surface area contributed by atoms with E-state index in [0.29, 0.717) is 6.04 Å². The van der Waals surface area contributed by atoms with Gasteiger partial charge in [0, 0.05) is 43.9 Å². The number of nitrogens with one attached hydrogen (secondary N) is 1. The van der Waals surface area contributed by atoms with Crippen LogP contribution in [0.4, 0.5) is 0 Å². The third-order valence-electron chi connectivity index (χ3n) is 3.25. The van der Waals surface area contributed by atoms with Crippen molar-refractivity contribution in [1.29, 1.82) is 0 Å². The predicted octanol–water partition coefficient (Wildman–Crippen LogP) is 1.67. The third kappa shape index (κ3) is 3.42. The molecule has 1 aliphatic heterocycles. The zero-order valence-corrected chi connectivity index (χ0v) is 10.7. The Labute approximate surface area is 107 Å². The van der Waals surface area contributed by atoms with Crippen LogP contribution in [0, 0.1) is 0 Å². The van der Waals surface area contributed by atoms with Crippen LogP contribution >= 0.6 is 11.6 Å². The van der Waals surface area contributed by atoms with Crippen LogP contribution in [0.15, 0.2) is 24.3 Å². The molecule has 0 bridgehead atoms. The lowest BCUT2D eigenvalue weighted by atomic mass is 10.0. The molecule has 1 saturated heterocycles. The SMILES string of the molecule is OCC[C@H](c1ccc(Cl)cc1)N1CCNCC1. The molecule has 0 spiro atoms. The van der Waals surface area contributed by atoms with Crippen molar-refractivity contribution in [2.45, 2.75) is 12.5 Å². The van der Waals surface area contributed by atoms with Gasteiger partial charge in [0.2, 0.25) is 0 Å². The van der Waals surface area contributed by atoms with E-state index in [4.69, 9.17) is 11.6 Å². The Morgan fingerprint density at radius 3 is 2.47 bits per heavy atom. The molecule has 2 N–H and O–H groups in total. The second kappa shape index (κ2) is 6.36. The Bertz CT molecular complexity index is 336. The van der Waals surface area contributed by atoms with Gasteiger partial charge in [0.05, 0.1) is 0 Å². The number of hydrogen-bond acceptors (Lipinski definition) is 3. The Hall–Kier alpha value is -0.610. The summed E-state index contributed by atoms with van der Waals surface area (Å²) < 4.78 is 0. The first-order chi connectivity index (χ1) is 8.31. The van der Waals surface area contributed by atoms with Gasteiger partial charge in [-0.1, -0.05) is 23.7 Å². The van der Waals surface area contributed by atoms with Crippen LogP contribution in [0.2, 0.25) is 5.02 Å². The van der Waals surface area contributed by atoms with E-state index in [9.17, 15) is 5.11 Å². The van der Waals surface area contributed by atoms with E-state index in [1.165, 1.54) is 5.56 Å². The van der Waals surface area contributed by atoms with E-state index in [1.807, 2.05) is 12.1 Å². The summed E-state index contributed by atoms with van der Waals surface area (Å²) in [6, 6.07) is 8.27. The Balaban J connectivity index is 2.12. The molecular formula is C13H19ClN2O. The number of rotatable bonds is 4. The number of benzene rings is 1. The molecule has 0 aliphatic carbocycles. The Morgan fingerprint density at radius 2 is 1.88 bits per heavy atom. The smallest absolute Gasteiger partial charge is 0.0449 e. The maximum absolute atomic E-state index is 9.21. The minimum atomic E-state index is 0.219. The van der Waals surface area contributed by atoms with E-state index >= 15 is 0 Å². The molecule has 3 nitrogen and oxygen atoms in total. The minimum Gasteiger partial charge on any atom is -0.396 e. The van der Waals surface area contributed by atoms with Gasteiger partial charge in [-0.2, -0.15) is 0 Å². The molecule has 94 valence electrons. The highest BCUT2D eigenvalue weighted by molar-refractivity contribution is 6.30. The molecule has 1 aliphatic rings. The molecular weight excluding hydrogens is 236 g/mol. The van der Waals surface area contributed by atoms with E-state index in [0.717, 1.165) is 37.6 Å². The fraction of sp³-hybridized carbons (Fsp3) is 0.538. The number of hydrogen-bond donors (Lipinski definition) is 2. The van der Waals surface area contributed by atoms with E-state index < -0.39 is 0 Å². The first-order valence-corrected chi connectivity index (χ1v) is 6.50. The van der Waals surface area contributed by atoms with Crippen LogP contribution in [0.5, 0.6) is 0 Å². The van der Waals surface area contributed by atoms with Crippen LogP contribution in [0.1, 0.15) is 18.0 Å². The van der Waals surface area contributed by atoms with Gasteiger partial charge in [-0.25, -0.2) is 0 Å². The fourth-order valence-electron chi connectivity index (χ4n) is 2.36. The molecule has 1 atom stereocenters. The van der Waals surface area contributed by atoms with Gasteiger partial charge in [0.25, 0.3) is 0 Å². The number of aliphatic hydroxyl groups excluding tert-OH is 1. The highest BCUT2D eigenvalue weighted by Crippen LogP contribution is 2.25. The van der Waals surface area contributed by atoms with Crippen LogP contribution in [-0.2, 0) is 0 Å². The summed E-state index contributed by atoms with van der Waals surface area (Å²) in [7, 11) is 0. The van der Waals surface area contributed by atoms with Gasteiger partial charge in [-0.3, -0.25) is 4.90 Å². The number of piperazine rings is 1. The summed E-state index contributed by atoms with van der Waals surface area (Å²) in [6.45, 7) is 4.34. The fourth-order valence-corrected chi connectivity index (χ4v) is 2.49. The zero-order valence-electron chi connectivity index (χ0n) is 9.90. The van der Waals surface area contributed by atoms with Gasteiger partial charge in [0.15, 0.2) is 0 Å².